The van der Waals surface area contributed by atoms with Crippen LogP contribution in [0, 0.1) is 13.8 Å². The van der Waals surface area contributed by atoms with E-state index in [0.717, 1.165) is 17.0 Å². The molecule has 1 aliphatic heterocycles. The summed E-state index contributed by atoms with van der Waals surface area (Å²) < 4.78 is 0. The highest BCUT2D eigenvalue weighted by Gasteiger charge is 2.33. The Morgan fingerprint density at radius 2 is 2.18 bits per heavy atom. The highest BCUT2D eigenvalue weighted by molar-refractivity contribution is 7.12. The molecule has 0 aliphatic carbocycles. The van der Waals surface area contributed by atoms with Gasteiger partial charge < -0.3 is 0 Å². The van der Waals surface area contributed by atoms with Gasteiger partial charge in [-0.2, -0.15) is 0 Å². The monoisotopic (exact) mass is 251 g/mol. The third-order valence-corrected chi connectivity index (χ3v) is 4.71. The van der Waals surface area contributed by atoms with Gasteiger partial charge in [-0.15, -0.1) is 11.3 Å². The lowest BCUT2D eigenvalue weighted by atomic mass is 10.0. The number of thiophene rings is 1. The van der Waals surface area contributed by atoms with Crippen molar-refractivity contribution in [1.29, 1.82) is 0 Å². The first-order valence-electron chi connectivity index (χ1n) is 6.25. The van der Waals surface area contributed by atoms with Gasteiger partial charge in [0.05, 0.1) is 6.54 Å². The molecule has 0 bridgehead atoms. The fraction of sp³-hybridized carbons (Fsp3) is 0.643. The van der Waals surface area contributed by atoms with Crippen molar-refractivity contribution in [2.24, 2.45) is 0 Å². The smallest absolute Gasteiger partial charge is 0.177 e. The van der Waals surface area contributed by atoms with Gasteiger partial charge >= 0.3 is 0 Å². The van der Waals surface area contributed by atoms with Gasteiger partial charge in [-0.25, -0.2) is 0 Å². The van der Waals surface area contributed by atoms with Gasteiger partial charge in [-0.05, 0) is 53.1 Å². The van der Waals surface area contributed by atoms with Gasteiger partial charge in [0, 0.05) is 20.9 Å². The summed E-state index contributed by atoms with van der Waals surface area (Å²) in [5, 5.41) is 0. The maximum atomic E-state index is 12.3. The second kappa shape index (κ2) is 4.54. The van der Waals surface area contributed by atoms with E-state index in [9.17, 15) is 4.79 Å². The van der Waals surface area contributed by atoms with Crippen LogP contribution in [0.4, 0.5) is 0 Å². The second-order valence-corrected chi connectivity index (χ2v) is 7.05. The van der Waals surface area contributed by atoms with Gasteiger partial charge in [-0.3, -0.25) is 9.69 Å². The van der Waals surface area contributed by atoms with Crippen molar-refractivity contribution in [1.82, 2.24) is 4.90 Å². The molecule has 2 nitrogen and oxygen atoms in total. The first-order chi connectivity index (χ1) is 7.90. The molecule has 0 spiro atoms. The molecule has 3 heteroatoms. The lowest BCUT2D eigenvalue weighted by Crippen LogP contribution is -2.41. The standard InChI is InChI=1S/C14H21NOS/c1-10-8-12(11(2)17-10)13(16)9-15-7-5-6-14(15,3)4/h8H,5-7,9H2,1-4H3. The van der Waals surface area contributed by atoms with Crippen LogP contribution in [0.1, 0.15) is 46.8 Å². The van der Waals surface area contributed by atoms with E-state index in [0.29, 0.717) is 6.54 Å². The van der Waals surface area contributed by atoms with Crippen LogP contribution in [0.25, 0.3) is 0 Å². The fourth-order valence-electron chi connectivity index (χ4n) is 2.62. The van der Waals surface area contributed by atoms with E-state index >= 15 is 0 Å². The SMILES string of the molecule is Cc1cc(C(=O)CN2CCCC2(C)C)c(C)s1. The Hall–Kier alpha value is -0.670. The summed E-state index contributed by atoms with van der Waals surface area (Å²) in [5.74, 6) is 0.279. The summed E-state index contributed by atoms with van der Waals surface area (Å²) in [7, 11) is 0. The highest BCUT2D eigenvalue weighted by Crippen LogP contribution is 2.29. The maximum Gasteiger partial charge on any atom is 0.177 e. The number of nitrogens with zero attached hydrogens (tertiary/aromatic N) is 1. The molecule has 0 atom stereocenters. The predicted molar refractivity (Wildman–Crippen MR) is 73.0 cm³/mol. The first kappa shape index (κ1) is 12.8. The summed E-state index contributed by atoms with van der Waals surface area (Å²) in [5.41, 5.74) is 1.12. The maximum absolute atomic E-state index is 12.3. The lowest BCUT2D eigenvalue weighted by molar-refractivity contribution is 0.0871. The molecule has 0 radical (unpaired) electrons. The van der Waals surface area contributed by atoms with Crippen molar-refractivity contribution in [3.63, 3.8) is 0 Å². The average Bonchev–Trinajstić information content (AvgIpc) is 2.70. The first-order valence-corrected chi connectivity index (χ1v) is 7.07. The molecular formula is C14H21NOS. The average molecular weight is 251 g/mol. The van der Waals surface area contributed by atoms with Gasteiger partial charge in [0.25, 0.3) is 0 Å². The molecule has 0 unspecified atom stereocenters. The van der Waals surface area contributed by atoms with Gasteiger partial charge in [0.1, 0.15) is 0 Å². The quantitative estimate of drug-likeness (QED) is 0.767. The van der Waals surface area contributed by atoms with Crippen LogP contribution in [0.15, 0.2) is 6.07 Å². The molecule has 0 N–H and O–H groups in total. The molecule has 94 valence electrons. The van der Waals surface area contributed by atoms with Crippen LogP contribution in [0.5, 0.6) is 0 Å². The molecule has 0 saturated carbocycles. The van der Waals surface area contributed by atoms with Crippen LogP contribution in [-0.4, -0.2) is 29.3 Å². The molecule has 0 aromatic carbocycles. The van der Waals surface area contributed by atoms with Crippen molar-refractivity contribution < 1.29 is 4.79 Å². The van der Waals surface area contributed by atoms with Crippen molar-refractivity contribution in [2.45, 2.75) is 46.1 Å². The molecule has 17 heavy (non-hydrogen) atoms. The van der Waals surface area contributed by atoms with E-state index in [4.69, 9.17) is 0 Å². The normalized spacial score (nSPS) is 19.8. The number of aryl methyl sites for hydroxylation is 2. The Morgan fingerprint density at radius 3 is 2.65 bits per heavy atom. The van der Waals surface area contributed by atoms with Crippen LogP contribution < -0.4 is 0 Å². The summed E-state index contributed by atoms with van der Waals surface area (Å²) in [6, 6.07) is 2.03. The number of carbonyl (C=O) groups is 1. The van der Waals surface area contributed by atoms with Gasteiger partial charge in [-0.1, -0.05) is 0 Å². The zero-order valence-corrected chi connectivity index (χ0v) is 12.0. The molecule has 1 aliphatic rings. The van der Waals surface area contributed by atoms with E-state index < -0.39 is 0 Å². The lowest BCUT2D eigenvalue weighted by Gasteiger charge is -2.30. The number of hydrogen-bond donors (Lipinski definition) is 0. The van der Waals surface area contributed by atoms with Crippen LogP contribution in [0.3, 0.4) is 0 Å². The zero-order chi connectivity index (χ0) is 12.6. The molecule has 0 amide bonds. The molecular weight excluding hydrogens is 230 g/mol. The summed E-state index contributed by atoms with van der Waals surface area (Å²) >= 11 is 1.72. The van der Waals surface area contributed by atoms with Crippen LogP contribution in [-0.2, 0) is 0 Å². The minimum atomic E-state index is 0.189. The molecule has 2 rings (SSSR count). The fourth-order valence-corrected chi connectivity index (χ4v) is 3.57. The third kappa shape index (κ3) is 2.61. The summed E-state index contributed by atoms with van der Waals surface area (Å²) in [6.07, 6.45) is 2.41. The van der Waals surface area contributed by atoms with E-state index in [1.54, 1.807) is 11.3 Å². The molecule has 2 heterocycles. The van der Waals surface area contributed by atoms with Crippen molar-refractivity contribution in [3.05, 3.63) is 21.4 Å². The minimum Gasteiger partial charge on any atom is -0.293 e. The second-order valence-electron chi connectivity index (χ2n) is 5.59. The predicted octanol–water partition coefficient (Wildman–Crippen LogP) is 3.42. The topological polar surface area (TPSA) is 20.3 Å². The van der Waals surface area contributed by atoms with Gasteiger partial charge in [0.2, 0.25) is 0 Å². The summed E-state index contributed by atoms with van der Waals surface area (Å²) in [6.45, 7) is 10.2. The number of likely N-dealkylation sites (tertiary alicyclic amines) is 1. The largest absolute Gasteiger partial charge is 0.293 e. The highest BCUT2D eigenvalue weighted by atomic mass is 32.1. The zero-order valence-electron chi connectivity index (χ0n) is 11.2. The Labute approximate surface area is 108 Å². The molecule has 1 aromatic heterocycles. The number of Topliss-reactive ketones (excluding diaryl/α,β-unsaturated/α-hetero) is 1. The van der Waals surface area contributed by atoms with Crippen LogP contribution in [0.2, 0.25) is 0 Å². The van der Waals surface area contributed by atoms with Crippen molar-refractivity contribution in [2.75, 3.05) is 13.1 Å². The number of hydrogen-bond acceptors (Lipinski definition) is 3. The van der Waals surface area contributed by atoms with E-state index in [2.05, 4.69) is 25.7 Å². The van der Waals surface area contributed by atoms with Gasteiger partial charge in [0.15, 0.2) is 5.78 Å². The Balaban J connectivity index is 2.10. The summed E-state index contributed by atoms with van der Waals surface area (Å²) in [4.78, 5) is 17.0. The Morgan fingerprint density at radius 1 is 1.47 bits per heavy atom. The number of carbonyl (C=O) groups excluding carboxylic acids is 1. The Kier molecular flexibility index (Phi) is 3.41. The van der Waals surface area contributed by atoms with E-state index in [-0.39, 0.29) is 11.3 Å². The molecule has 1 aromatic rings. The van der Waals surface area contributed by atoms with E-state index in [1.165, 1.54) is 17.7 Å². The number of ketones is 1. The van der Waals surface area contributed by atoms with Crippen LogP contribution >= 0.6 is 11.3 Å². The van der Waals surface area contributed by atoms with Crippen molar-refractivity contribution >= 4 is 17.1 Å². The molecule has 1 saturated heterocycles. The third-order valence-electron chi connectivity index (χ3n) is 3.75. The number of rotatable bonds is 3. The molecule has 1 fully saturated rings. The van der Waals surface area contributed by atoms with E-state index in [1.807, 2.05) is 13.0 Å². The minimum absolute atomic E-state index is 0.189. The Bertz CT molecular complexity index is 433. The van der Waals surface area contributed by atoms with Crippen molar-refractivity contribution in [3.8, 4) is 0 Å².